The molecule has 1 amide bonds. The van der Waals surface area contributed by atoms with Gasteiger partial charge < -0.3 is 4.90 Å². The highest BCUT2D eigenvalue weighted by Crippen LogP contribution is 2.26. The third kappa shape index (κ3) is 2.99. The first kappa shape index (κ1) is 18.4. The van der Waals surface area contributed by atoms with E-state index in [2.05, 4.69) is 11.9 Å². The lowest BCUT2D eigenvalue weighted by Gasteiger charge is -2.20. The van der Waals surface area contributed by atoms with E-state index in [1.54, 1.807) is 21.6 Å². The molecule has 0 aliphatic rings. The van der Waals surface area contributed by atoms with Crippen LogP contribution in [0.1, 0.15) is 34.6 Å². The highest BCUT2D eigenvalue weighted by Gasteiger charge is 2.21. The number of carbonyl (C=O) groups excluding carboxylic acids is 1. The van der Waals surface area contributed by atoms with Crippen LogP contribution in [0.15, 0.2) is 53.5 Å². The van der Waals surface area contributed by atoms with Crippen LogP contribution >= 0.6 is 11.3 Å². The molecule has 0 saturated carbocycles. The zero-order chi connectivity index (χ0) is 19.8. The van der Waals surface area contributed by atoms with Gasteiger partial charge in [0.1, 0.15) is 10.5 Å². The van der Waals surface area contributed by atoms with Crippen molar-refractivity contribution in [1.82, 2.24) is 9.38 Å². The molecule has 4 rings (SSSR count). The van der Waals surface area contributed by atoms with Gasteiger partial charge in [-0.05, 0) is 55.7 Å². The average Bonchev–Trinajstić information content (AvgIpc) is 3.15. The number of aromatic nitrogens is 2. The number of pyridine rings is 1. The molecule has 3 heterocycles. The van der Waals surface area contributed by atoms with E-state index in [1.807, 2.05) is 50.2 Å². The molecular weight excluding hydrogens is 370 g/mol. The number of carbonyl (C=O) groups is 1. The number of aryl methyl sites for hydroxylation is 2. The minimum Gasteiger partial charge on any atom is -0.308 e. The number of amides is 1. The van der Waals surface area contributed by atoms with Crippen LogP contribution in [0.2, 0.25) is 0 Å². The fraction of sp³-hybridized carbons (Fsp3) is 0.227. The Balaban J connectivity index is 1.80. The molecule has 1 aromatic carbocycles. The Morgan fingerprint density at radius 2 is 1.93 bits per heavy atom. The van der Waals surface area contributed by atoms with Crippen molar-refractivity contribution in [3.63, 3.8) is 0 Å². The molecule has 0 saturated heterocycles. The summed E-state index contributed by atoms with van der Waals surface area (Å²) in [6.45, 7) is 6.52. The van der Waals surface area contributed by atoms with Crippen LogP contribution < -0.4 is 10.5 Å². The van der Waals surface area contributed by atoms with Gasteiger partial charge in [-0.2, -0.15) is 0 Å². The fourth-order valence-electron chi connectivity index (χ4n) is 3.35. The number of hydrogen-bond donors (Lipinski definition) is 0. The van der Waals surface area contributed by atoms with Gasteiger partial charge in [-0.3, -0.25) is 14.0 Å². The van der Waals surface area contributed by atoms with Crippen LogP contribution in [0.4, 0.5) is 5.69 Å². The summed E-state index contributed by atoms with van der Waals surface area (Å²) in [5, 5.41) is 0.480. The Bertz CT molecular complexity index is 1240. The number of hydrogen-bond acceptors (Lipinski definition) is 4. The van der Waals surface area contributed by atoms with Gasteiger partial charge in [-0.25, -0.2) is 4.98 Å². The molecule has 28 heavy (non-hydrogen) atoms. The molecule has 0 radical (unpaired) electrons. The Labute approximate surface area is 166 Å². The highest BCUT2D eigenvalue weighted by atomic mass is 32.1. The zero-order valence-corrected chi connectivity index (χ0v) is 16.9. The third-order valence-corrected chi connectivity index (χ3v) is 5.98. The molecule has 4 aromatic rings. The van der Waals surface area contributed by atoms with Crippen LogP contribution in [0.5, 0.6) is 0 Å². The average molecular weight is 391 g/mol. The standard InChI is InChI=1S/C22H21N3O2S/c1-4-15-8-10-16(11-9-15)24(5-2)22(27)18-13-17-20(28-18)23-19-14(3)7-6-12-25(19)21(17)26/h6-13H,4-5H2,1-3H3. The second kappa shape index (κ2) is 7.20. The van der Waals surface area contributed by atoms with E-state index in [9.17, 15) is 9.59 Å². The van der Waals surface area contributed by atoms with Gasteiger partial charge in [0.15, 0.2) is 0 Å². The van der Waals surface area contributed by atoms with Crippen LogP contribution in [0.25, 0.3) is 15.9 Å². The maximum atomic E-state index is 13.2. The summed E-state index contributed by atoms with van der Waals surface area (Å²) in [5.41, 5.74) is 3.49. The summed E-state index contributed by atoms with van der Waals surface area (Å²) < 4.78 is 1.54. The number of benzene rings is 1. The molecular formula is C22H21N3O2S. The van der Waals surface area contributed by atoms with Crippen molar-refractivity contribution in [3.8, 4) is 0 Å². The molecule has 6 heteroatoms. The molecule has 5 nitrogen and oxygen atoms in total. The Morgan fingerprint density at radius 3 is 2.61 bits per heavy atom. The monoisotopic (exact) mass is 391 g/mol. The van der Waals surface area contributed by atoms with Gasteiger partial charge in [-0.15, -0.1) is 11.3 Å². The first-order chi connectivity index (χ1) is 13.5. The van der Waals surface area contributed by atoms with Gasteiger partial charge in [0.2, 0.25) is 0 Å². The van der Waals surface area contributed by atoms with Crippen molar-refractivity contribution in [2.45, 2.75) is 27.2 Å². The Hall–Kier alpha value is -2.99. The van der Waals surface area contributed by atoms with E-state index in [-0.39, 0.29) is 11.5 Å². The maximum Gasteiger partial charge on any atom is 0.268 e. The van der Waals surface area contributed by atoms with E-state index in [0.717, 1.165) is 17.7 Å². The highest BCUT2D eigenvalue weighted by molar-refractivity contribution is 7.20. The SMILES string of the molecule is CCc1ccc(N(CC)C(=O)c2cc3c(=O)n4cccc(C)c4nc3s2)cc1. The van der Waals surface area contributed by atoms with Crippen LogP contribution in [-0.4, -0.2) is 21.8 Å². The number of anilines is 1. The largest absolute Gasteiger partial charge is 0.308 e. The summed E-state index contributed by atoms with van der Waals surface area (Å²) >= 11 is 1.27. The van der Waals surface area contributed by atoms with E-state index in [0.29, 0.717) is 27.3 Å². The quantitative estimate of drug-likeness (QED) is 0.517. The Morgan fingerprint density at radius 1 is 1.18 bits per heavy atom. The summed E-state index contributed by atoms with van der Waals surface area (Å²) in [6, 6.07) is 13.5. The van der Waals surface area contributed by atoms with Gasteiger partial charge in [0.05, 0.1) is 10.3 Å². The summed E-state index contributed by atoms with van der Waals surface area (Å²) in [5.74, 6) is -0.111. The number of rotatable bonds is 4. The molecule has 0 N–H and O–H groups in total. The lowest BCUT2D eigenvalue weighted by atomic mass is 10.1. The zero-order valence-electron chi connectivity index (χ0n) is 16.1. The van der Waals surface area contributed by atoms with E-state index < -0.39 is 0 Å². The number of fused-ring (bicyclic) bond motifs is 2. The topological polar surface area (TPSA) is 54.7 Å². The van der Waals surface area contributed by atoms with Crippen molar-refractivity contribution < 1.29 is 4.79 Å². The number of thiophene rings is 1. The molecule has 0 atom stereocenters. The first-order valence-electron chi connectivity index (χ1n) is 9.35. The summed E-state index contributed by atoms with van der Waals surface area (Å²) in [7, 11) is 0. The number of nitrogens with zero attached hydrogens (tertiary/aromatic N) is 3. The second-order valence-electron chi connectivity index (χ2n) is 6.70. The second-order valence-corrected chi connectivity index (χ2v) is 7.73. The normalized spacial score (nSPS) is 11.2. The maximum absolute atomic E-state index is 13.2. The molecule has 0 fully saturated rings. The third-order valence-electron chi connectivity index (χ3n) is 4.96. The van der Waals surface area contributed by atoms with E-state index in [1.165, 1.54) is 16.9 Å². The predicted octanol–water partition coefficient (Wildman–Crippen LogP) is 4.45. The van der Waals surface area contributed by atoms with Gasteiger partial charge in [0, 0.05) is 18.4 Å². The van der Waals surface area contributed by atoms with Crippen LogP contribution in [0, 0.1) is 6.92 Å². The molecule has 0 aliphatic heterocycles. The van der Waals surface area contributed by atoms with Crippen molar-refractivity contribution >= 4 is 38.8 Å². The molecule has 0 unspecified atom stereocenters. The lowest BCUT2D eigenvalue weighted by molar-refractivity contribution is 0.0992. The molecule has 3 aromatic heterocycles. The van der Waals surface area contributed by atoms with Gasteiger partial charge in [-0.1, -0.05) is 25.1 Å². The van der Waals surface area contributed by atoms with E-state index in [4.69, 9.17) is 0 Å². The van der Waals surface area contributed by atoms with Gasteiger partial charge >= 0.3 is 0 Å². The first-order valence-corrected chi connectivity index (χ1v) is 10.2. The smallest absolute Gasteiger partial charge is 0.268 e. The predicted molar refractivity (Wildman–Crippen MR) is 115 cm³/mol. The lowest BCUT2D eigenvalue weighted by Crippen LogP contribution is -2.29. The Kier molecular flexibility index (Phi) is 4.73. The van der Waals surface area contributed by atoms with Crippen molar-refractivity contribution in [2.24, 2.45) is 0 Å². The van der Waals surface area contributed by atoms with E-state index >= 15 is 0 Å². The van der Waals surface area contributed by atoms with Crippen LogP contribution in [-0.2, 0) is 6.42 Å². The van der Waals surface area contributed by atoms with Crippen LogP contribution in [0.3, 0.4) is 0 Å². The van der Waals surface area contributed by atoms with Crippen molar-refractivity contribution in [3.05, 3.63) is 75.0 Å². The van der Waals surface area contributed by atoms with Gasteiger partial charge in [0.25, 0.3) is 11.5 Å². The summed E-state index contributed by atoms with van der Waals surface area (Å²) in [4.78, 5) is 33.5. The van der Waals surface area contributed by atoms with Crippen molar-refractivity contribution in [1.29, 1.82) is 0 Å². The summed E-state index contributed by atoms with van der Waals surface area (Å²) in [6.07, 6.45) is 2.67. The minimum atomic E-state index is -0.144. The molecule has 0 spiro atoms. The van der Waals surface area contributed by atoms with Crippen molar-refractivity contribution in [2.75, 3.05) is 11.4 Å². The minimum absolute atomic E-state index is 0.111. The molecule has 0 aliphatic carbocycles. The fourth-order valence-corrected chi connectivity index (χ4v) is 4.32. The molecule has 0 bridgehead atoms. The molecule has 142 valence electrons.